The van der Waals surface area contributed by atoms with Crippen molar-refractivity contribution in [1.29, 1.82) is 0 Å². The first-order chi connectivity index (χ1) is 10.6. The highest BCUT2D eigenvalue weighted by molar-refractivity contribution is 5.83. The first kappa shape index (κ1) is 13.5. The Labute approximate surface area is 127 Å². The number of halogens is 2. The summed E-state index contributed by atoms with van der Waals surface area (Å²) in [5, 5.41) is 1.09. The fourth-order valence-electron chi connectivity index (χ4n) is 3.38. The number of rotatable bonds is 1. The fraction of sp³-hybridized carbons (Fsp3) is 0.222. The van der Waals surface area contributed by atoms with Crippen molar-refractivity contribution in [3.05, 3.63) is 71.0 Å². The second kappa shape index (κ2) is 4.92. The number of fused-ring (bicyclic) bond motifs is 3. The van der Waals surface area contributed by atoms with E-state index in [9.17, 15) is 8.78 Å². The van der Waals surface area contributed by atoms with Gasteiger partial charge in [-0.05, 0) is 48.0 Å². The molecule has 0 saturated carbocycles. The van der Waals surface area contributed by atoms with Crippen LogP contribution in [0.15, 0.2) is 47.1 Å². The van der Waals surface area contributed by atoms with Gasteiger partial charge in [0, 0.05) is 24.4 Å². The van der Waals surface area contributed by atoms with Crippen LogP contribution in [0.1, 0.15) is 22.6 Å². The Balaban J connectivity index is 1.89. The Morgan fingerprint density at radius 3 is 2.77 bits per heavy atom. The first-order valence-electron chi connectivity index (χ1n) is 7.26. The van der Waals surface area contributed by atoms with Gasteiger partial charge in [0.1, 0.15) is 5.58 Å². The average molecular weight is 299 g/mol. The van der Waals surface area contributed by atoms with Gasteiger partial charge in [0.15, 0.2) is 11.6 Å². The standard InChI is InChI=1S/C18H15F2NO/c1-21-9-14(11-2-4-16(19)17(20)8-11)12-3-5-18-13(6-7-22-18)15(12)10-21/h2-8,14H,9-10H2,1H3. The number of hydrogen-bond donors (Lipinski definition) is 0. The summed E-state index contributed by atoms with van der Waals surface area (Å²) in [7, 11) is 2.04. The Kier molecular flexibility index (Phi) is 3.01. The maximum Gasteiger partial charge on any atom is 0.159 e. The van der Waals surface area contributed by atoms with Gasteiger partial charge in [0.05, 0.1) is 6.26 Å². The van der Waals surface area contributed by atoms with E-state index in [0.29, 0.717) is 0 Å². The zero-order valence-electron chi connectivity index (χ0n) is 12.1. The van der Waals surface area contributed by atoms with Gasteiger partial charge in [-0.1, -0.05) is 12.1 Å². The van der Waals surface area contributed by atoms with Gasteiger partial charge in [-0.25, -0.2) is 8.78 Å². The molecule has 3 aromatic rings. The lowest BCUT2D eigenvalue weighted by Crippen LogP contribution is -2.31. The van der Waals surface area contributed by atoms with Crippen LogP contribution in [0.2, 0.25) is 0 Å². The summed E-state index contributed by atoms with van der Waals surface area (Å²) in [5.41, 5.74) is 4.03. The molecule has 2 aromatic carbocycles. The van der Waals surface area contributed by atoms with Crippen molar-refractivity contribution in [3.8, 4) is 0 Å². The minimum atomic E-state index is -0.807. The van der Waals surface area contributed by atoms with Crippen molar-refractivity contribution in [2.75, 3.05) is 13.6 Å². The maximum atomic E-state index is 13.6. The summed E-state index contributed by atoms with van der Waals surface area (Å²) in [4.78, 5) is 2.20. The monoisotopic (exact) mass is 299 g/mol. The van der Waals surface area contributed by atoms with Crippen LogP contribution in [0.3, 0.4) is 0 Å². The van der Waals surface area contributed by atoms with E-state index in [1.54, 1.807) is 12.3 Å². The number of furan rings is 1. The van der Waals surface area contributed by atoms with Gasteiger partial charge in [-0.15, -0.1) is 0 Å². The SMILES string of the molecule is CN1Cc2c(ccc3occc23)C(c2ccc(F)c(F)c2)C1. The summed E-state index contributed by atoms with van der Waals surface area (Å²) in [5.74, 6) is -1.57. The fourth-order valence-corrected chi connectivity index (χ4v) is 3.38. The van der Waals surface area contributed by atoms with E-state index in [1.165, 1.54) is 17.7 Å². The van der Waals surface area contributed by atoms with Crippen LogP contribution in [0.4, 0.5) is 8.78 Å². The molecule has 0 aliphatic carbocycles. The molecule has 0 saturated heterocycles. The third-order valence-corrected chi connectivity index (χ3v) is 4.43. The van der Waals surface area contributed by atoms with Crippen LogP contribution < -0.4 is 0 Å². The molecule has 2 nitrogen and oxygen atoms in total. The number of hydrogen-bond acceptors (Lipinski definition) is 2. The van der Waals surface area contributed by atoms with Gasteiger partial charge in [0.25, 0.3) is 0 Å². The molecule has 22 heavy (non-hydrogen) atoms. The van der Waals surface area contributed by atoms with Gasteiger partial charge in [0.2, 0.25) is 0 Å². The zero-order valence-corrected chi connectivity index (χ0v) is 12.1. The number of likely N-dealkylation sites (N-methyl/N-ethyl adjacent to an activating group) is 1. The minimum absolute atomic E-state index is 0.0307. The van der Waals surface area contributed by atoms with E-state index in [-0.39, 0.29) is 5.92 Å². The van der Waals surface area contributed by atoms with E-state index < -0.39 is 11.6 Å². The molecule has 112 valence electrons. The second-order valence-electron chi connectivity index (χ2n) is 5.89. The minimum Gasteiger partial charge on any atom is -0.464 e. The van der Waals surface area contributed by atoms with Crippen LogP contribution in [0.25, 0.3) is 11.0 Å². The second-order valence-corrected chi connectivity index (χ2v) is 5.89. The lowest BCUT2D eigenvalue weighted by molar-refractivity contribution is 0.296. The molecular formula is C18H15F2NO. The van der Waals surface area contributed by atoms with Crippen LogP contribution in [0, 0.1) is 11.6 Å². The molecule has 4 rings (SSSR count). The summed E-state index contributed by atoms with van der Waals surface area (Å²) >= 11 is 0. The normalized spacial score (nSPS) is 18.6. The zero-order chi connectivity index (χ0) is 15.3. The predicted molar refractivity (Wildman–Crippen MR) is 80.7 cm³/mol. The van der Waals surface area contributed by atoms with Gasteiger partial charge in [-0.2, -0.15) is 0 Å². The molecule has 0 fully saturated rings. The molecule has 1 atom stereocenters. The molecular weight excluding hydrogens is 284 g/mol. The van der Waals surface area contributed by atoms with Crippen LogP contribution in [0.5, 0.6) is 0 Å². The Morgan fingerprint density at radius 2 is 1.95 bits per heavy atom. The molecule has 1 aliphatic heterocycles. The van der Waals surface area contributed by atoms with Crippen molar-refractivity contribution < 1.29 is 13.2 Å². The van der Waals surface area contributed by atoms with Crippen molar-refractivity contribution >= 4 is 11.0 Å². The molecule has 0 spiro atoms. The third-order valence-electron chi connectivity index (χ3n) is 4.43. The smallest absolute Gasteiger partial charge is 0.159 e. The lowest BCUT2D eigenvalue weighted by atomic mass is 9.83. The van der Waals surface area contributed by atoms with E-state index in [4.69, 9.17) is 4.42 Å². The highest BCUT2D eigenvalue weighted by Gasteiger charge is 2.27. The van der Waals surface area contributed by atoms with Crippen molar-refractivity contribution in [2.24, 2.45) is 0 Å². The van der Waals surface area contributed by atoms with Crippen molar-refractivity contribution in [1.82, 2.24) is 4.90 Å². The average Bonchev–Trinajstić information content (AvgIpc) is 2.98. The summed E-state index contributed by atoms with van der Waals surface area (Å²) in [6.45, 7) is 1.60. The van der Waals surface area contributed by atoms with Crippen molar-refractivity contribution in [2.45, 2.75) is 12.5 Å². The first-order valence-corrected chi connectivity index (χ1v) is 7.26. The molecule has 0 bridgehead atoms. The van der Waals surface area contributed by atoms with Gasteiger partial charge < -0.3 is 9.32 Å². The largest absolute Gasteiger partial charge is 0.464 e. The van der Waals surface area contributed by atoms with Crippen LogP contribution >= 0.6 is 0 Å². The Bertz CT molecular complexity index is 855. The summed E-state index contributed by atoms with van der Waals surface area (Å²) in [6, 6.07) is 10.1. The third kappa shape index (κ3) is 2.03. The molecule has 0 N–H and O–H groups in total. The van der Waals surface area contributed by atoms with Gasteiger partial charge in [-0.3, -0.25) is 0 Å². The number of benzene rings is 2. The van der Waals surface area contributed by atoms with E-state index >= 15 is 0 Å². The summed E-state index contributed by atoms with van der Waals surface area (Å²) < 4.78 is 32.3. The molecule has 1 aliphatic rings. The maximum absolute atomic E-state index is 13.6. The van der Waals surface area contributed by atoms with Crippen LogP contribution in [-0.2, 0) is 6.54 Å². The lowest BCUT2D eigenvalue weighted by Gasteiger charge is -2.33. The van der Waals surface area contributed by atoms with E-state index in [2.05, 4.69) is 4.90 Å². The Hall–Kier alpha value is -2.20. The number of nitrogens with zero attached hydrogens (tertiary/aromatic N) is 1. The quantitative estimate of drug-likeness (QED) is 0.666. The molecule has 4 heteroatoms. The topological polar surface area (TPSA) is 16.4 Å². The van der Waals surface area contributed by atoms with Crippen LogP contribution in [-0.4, -0.2) is 18.5 Å². The van der Waals surface area contributed by atoms with E-state index in [0.717, 1.165) is 35.2 Å². The van der Waals surface area contributed by atoms with Gasteiger partial charge >= 0.3 is 0 Å². The molecule has 0 radical (unpaired) electrons. The predicted octanol–water partition coefficient (Wildman–Crippen LogP) is 4.29. The molecule has 1 unspecified atom stereocenters. The van der Waals surface area contributed by atoms with E-state index in [1.807, 2.05) is 25.2 Å². The molecule has 2 heterocycles. The Morgan fingerprint density at radius 1 is 1.09 bits per heavy atom. The molecule has 1 aromatic heterocycles. The van der Waals surface area contributed by atoms with Crippen molar-refractivity contribution in [3.63, 3.8) is 0 Å². The highest BCUT2D eigenvalue weighted by atomic mass is 19.2. The molecule has 0 amide bonds. The summed E-state index contributed by atoms with van der Waals surface area (Å²) in [6.07, 6.45) is 1.69. The highest BCUT2D eigenvalue weighted by Crippen LogP contribution is 2.37.